The molecule has 0 aliphatic carbocycles. The van der Waals surface area contributed by atoms with Crippen LogP contribution in [0.4, 0.5) is 5.69 Å². The third kappa shape index (κ3) is 5.09. The molecule has 4 nitrogen and oxygen atoms in total. The minimum atomic E-state index is -0.871. The molecule has 1 saturated heterocycles. The zero-order valence-electron chi connectivity index (χ0n) is 11.0. The normalized spacial score (nSPS) is 18.5. The molecule has 0 aromatic heterocycles. The quantitative estimate of drug-likeness (QED) is 0.874. The van der Waals surface area contributed by atoms with E-state index in [9.17, 15) is 9.59 Å². The Morgan fingerprint density at radius 1 is 1.35 bits per heavy atom. The number of anilines is 1. The predicted molar refractivity (Wildman–Crippen MR) is 84.6 cm³/mol. The molecule has 2 N–H and O–H groups in total. The summed E-state index contributed by atoms with van der Waals surface area (Å²) in [5.41, 5.74) is 1.36. The maximum atomic E-state index is 12.0. The van der Waals surface area contributed by atoms with Gasteiger partial charge in [0, 0.05) is 34.6 Å². The average Bonchev–Trinajstić information content (AvgIpc) is 2.39. The summed E-state index contributed by atoms with van der Waals surface area (Å²) in [4.78, 5) is 22.6. The summed E-state index contributed by atoms with van der Waals surface area (Å²) in [6.45, 7) is 0. The lowest BCUT2D eigenvalue weighted by Crippen LogP contribution is -2.22. The van der Waals surface area contributed by atoms with Crippen LogP contribution in [-0.4, -0.2) is 39.5 Å². The second-order valence-electron chi connectivity index (χ2n) is 4.59. The lowest BCUT2D eigenvalue weighted by molar-refractivity contribution is -0.136. The third-order valence-corrected chi connectivity index (χ3v) is 5.71. The molecule has 1 aliphatic heterocycles. The minimum Gasteiger partial charge on any atom is -0.481 e. The zero-order valence-corrected chi connectivity index (χ0v) is 12.6. The molecule has 0 bridgehead atoms. The van der Waals surface area contributed by atoms with Crippen molar-refractivity contribution in [2.75, 3.05) is 22.6 Å². The SMILES string of the molecule is O=C(O)Cc1cccc(NC(=O)CC2CSCCS2)c1. The molecule has 0 saturated carbocycles. The molecule has 108 valence electrons. The van der Waals surface area contributed by atoms with Crippen LogP contribution >= 0.6 is 23.5 Å². The predicted octanol–water partition coefficient (Wildman–Crippen LogP) is 2.49. The highest BCUT2D eigenvalue weighted by Crippen LogP contribution is 2.26. The molecule has 6 heteroatoms. The first kappa shape index (κ1) is 15.3. The Kier molecular flexibility index (Phi) is 5.79. The fourth-order valence-corrected chi connectivity index (χ4v) is 4.69. The Morgan fingerprint density at radius 3 is 2.90 bits per heavy atom. The van der Waals surface area contributed by atoms with E-state index in [-0.39, 0.29) is 12.3 Å². The first-order valence-electron chi connectivity index (χ1n) is 6.43. The van der Waals surface area contributed by atoms with E-state index < -0.39 is 5.97 Å². The number of thioether (sulfide) groups is 2. The third-order valence-electron chi connectivity index (χ3n) is 2.86. The second kappa shape index (κ2) is 7.59. The van der Waals surface area contributed by atoms with E-state index in [1.54, 1.807) is 24.3 Å². The number of amides is 1. The number of rotatable bonds is 5. The van der Waals surface area contributed by atoms with Gasteiger partial charge in [0.15, 0.2) is 0 Å². The summed E-state index contributed by atoms with van der Waals surface area (Å²) < 4.78 is 0. The maximum absolute atomic E-state index is 12.0. The van der Waals surface area contributed by atoms with Crippen molar-refractivity contribution in [3.63, 3.8) is 0 Å². The standard InChI is InChI=1S/C14H17NO3S2/c16-13(8-12-9-19-4-5-20-12)15-11-3-1-2-10(6-11)7-14(17)18/h1-3,6,12H,4-5,7-9H2,(H,15,16)(H,17,18). The van der Waals surface area contributed by atoms with Crippen LogP contribution in [0.1, 0.15) is 12.0 Å². The number of carboxylic acids is 1. The van der Waals surface area contributed by atoms with Gasteiger partial charge in [-0.2, -0.15) is 23.5 Å². The first-order chi connectivity index (χ1) is 9.63. The van der Waals surface area contributed by atoms with E-state index in [1.165, 1.54) is 5.75 Å². The molecule has 0 radical (unpaired) electrons. The molecule has 1 unspecified atom stereocenters. The Bertz CT molecular complexity index is 487. The van der Waals surface area contributed by atoms with Crippen LogP contribution in [0.5, 0.6) is 0 Å². The number of hydrogen-bond donors (Lipinski definition) is 2. The Hall–Kier alpha value is -1.14. The van der Waals surface area contributed by atoms with Crippen LogP contribution in [0.15, 0.2) is 24.3 Å². The van der Waals surface area contributed by atoms with Crippen molar-refractivity contribution in [2.45, 2.75) is 18.1 Å². The molecule has 1 aliphatic rings. The highest BCUT2D eigenvalue weighted by atomic mass is 32.2. The summed E-state index contributed by atoms with van der Waals surface area (Å²) in [6, 6.07) is 7.01. The van der Waals surface area contributed by atoms with Gasteiger partial charge >= 0.3 is 5.97 Å². The molecule has 1 aromatic carbocycles. The number of carbonyl (C=O) groups excluding carboxylic acids is 1. The molecule has 0 spiro atoms. The van der Waals surface area contributed by atoms with Gasteiger partial charge < -0.3 is 10.4 Å². The number of hydrogen-bond acceptors (Lipinski definition) is 4. The fourth-order valence-electron chi connectivity index (χ4n) is 2.01. The number of aliphatic carboxylic acids is 1. The van der Waals surface area contributed by atoms with E-state index in [2.05, 4.69) is 5.32 Å². The smallest absolute Gasteiger partial charge is 0.307 e. The van der Waals surface area contributed by atoms with Gasteiger partial charge in [-0.3, -0.25) is 9.59 Å². The number of carbonyl (C=O) groups is 2. The molecule has 1 atom stereocenters. The van der Waals surface area contributed by atoms with Gasteiger partial charge in [0.25, 0.3) is 0 Å². The monoisotopic (exact) mass is 311 g/mol. The first-order valence-corrected chi connectivity index (χ1v) is 8.64. The minimum absolute atomic E-state index is 0.00234. The van der Waals surface area contributed by atoms with Crippen molar-refractivity contribution in [3.05, 3.63) is 29.8 Å². The number of carboxylic acid groups (broad SMARTS) is 1. The Balaban J connectivity index is 1.88. The van der Waals surface area contributed by atoms with Gasteiger partial charge in [-0.1, -0.05) is 12.1 Å². The second-order valence-corrected chi connectivity index (χ2v) is 7.15. The van der Waals surface area contributed by atoms with E-state index in [0.717, 1.165) is 11.5 Å². The van der Waals surface area contributed by atoms with Crippen LogP contribution in [0.3, 0.4) is 0 Å². The highest BCUT2D eigenvalue weighted by Gasteiger charge is 2.18. The molecule has 1 amide bonds. The van der Waals surface area contributed by atoms with E-state index in [4.69, 9.17) is 5.11 Å². The molecule has 1 fully saturated rings. The zero-order chi connectivity index (χ0) is 14.4. The highest BCUT2D eigenvalue weighted by molar-refractivity contribution is 8.06. The van der Waals surface area contributed by atoms with Crippen LogP contribution in [0.25, 0.3) is 0 Å². The molecular formula is C14H17NO3S2. The average molecular weight is 311 g/mol. The summed E-state index contributed by atoms with van der Waals surface area (Å²) in [5, 5.41) is 12.0. The lowest BCUT2D eigenvalue weighted by atomic mass is 10.1. The van der Waals surface area contributed by atoms with E-state index in [0.29, 0.717) is 22.9 Å². The van der Waals surface area contributed by atoms with Crippen LogP contribution in [0.2, 0.25) is 0 Å². The van der Waals surface area contributed by atoms with Gasteiger partial charge in [-0.05, 0) is 17.7 Å². The Morgan fingerprint density at radius 2 is 2.20 bits per heavy atom. The summed E-state index contributed by atoms with van der Waals surface area (Å²) in [6.07, 6.45) is 0.486. The van der Waals surface area contributed by atoms with Crippen molar-refractivity contribution in [1.29, 1.82) is 0 Å². The lowest BCUT2D eigenvalue weighted by Gasteiger charge is -2.20. The largest absolute Gasteiger partial charge is 0.481 e. The van der Waals surface area contributed by atoms with Gasteiger partial charge in [-0.15, -0.1) is 0 Å². The van der Waals surface area contributed by atoms with Crippen LogP contribution < -0.4 is 5.32 Å². The van der Waals surface area contributed by atoms with Crippen molar-refractivity contribution in [1.82, 2.24) is 0 Å². The number of benzene rings is 1. The van der Waals surface area contributed by atoms with Gasteiger partial charge in [0.2, 0.25) is 5.91 Å². The molecular weight excluding hydrogens is 294 g/mol. The molecule has 2 rings (SSSR count). The number of nitrogens with one attached hydrogen (secondary N) is 1. The van der Waals surface area contributed by atoms with Gasteiger partial charge in [0.1, 0.15) is 0 Å². The van der Waals surface area contributed by atoms with Crippen LogP contribution in [-0.2, 0) is 16.0 Å². The summed E-state index contributed by atoms with van der Waals surface area (Å²) in [7, 11) is 0. The van der Waals surface area contributed by atoms with Crippen molar-refractivity contribution in [2.24, 2.45) is 0 Å². The van der Waals surface area contributed by atoms with Crippen molar-refractivity contribution in [3.8, 4) is 0 Å². The summed E-state index contributed by atoms with van der Waals surface area (Å²) >= 11 is 3.75. The van der Waals surface area contributed by atoms with E-state index >= 15 is 0 Å². The van der Waals surface area contributed by atoms with Crippen molar-refractivity contribution >= 4 is 41.1 Å². The topological polar surface area (TPSA) is 66.4 Å². The van der Waals surface area contributed by atoms with E-state index in [1.807, 2.05) is 23.5 Å². The summed E-state index contributed by atoms with van der Waals surface area (Å²) in [5.74, 6) is 2.43. The molecule has 20 heavy (non-hydrogen) atoms. The van der Waals surface area contributed by atoms with Gasteiger partial charge in [-0.25, -0.2) is 0 Å². The Labute approximate surface area is 126 Å². The van der Waals surface area contributed by atoms with Crippen LogP contribution in [0, 0.1) is 0 Å². The molecule has 1 heterocycles. The maximum Gasteiger partial charge on any atom is 0.307 e. The van der Waals surface area contributed by atoms with Gasteiger partial charge in [0.05, 0.1) is 6.42 Å². The molecule has 1 aromatic rings. The fraction of sp³-hybridized carbons (Fsp3) is 0.429. The van der Waals surface area contributed by atoms with Crippen molar-refractivity contribution < 1.29 is 14.7 Å².